The monoisotopic (exact) mass is 420 g/mol. The van der Waals surface area contributed by atoms with Crippen molar-refractivity contribution in [2.24, 2.45) is 0 Å². The van der Waals surface area contributed by atoms with Gasteiger partial charge in [-0.2, -0.15) is 0 Å². The van der Waals surface area contributed by atoms with E-state index in [4.69, 9.17) is 9.47 Å². The van der Waals surface area contributed by atoms with E-state index in [1.54, 1.807) is 18.2 Å². The summed E-state index contributed by atoms with van der Waals surface area (Å²) in [5.74, 6) is 0.247. The van der Waals surface area contributed by atoms with Gasteiger partial charge < -0.3 is 25.1 Å². The number of hydrogen-bond acceptors (Lipinski definition) is 5. The predicted molar refractivity (Wildman–Crippen MR) is 112 cm³/mol. The van der Waals surface area contributed by atoms with Gasteiger partial charge in [0.05, 0.1) is 0 Å². The maximum absolute atomic E-state index is 12.8. The highest BCUT2D eigenvalue weighted by Crippen LogP contribution is 2.32. The molecule has 2 aromatic carbocycles. The van der Waals surface area contributed by atoms with Crippen molar-refractivity contribution in [3.8, 4) is 11.5 Å². The number of nitrogens with zero attached hydrogens (tertiary/aromatic N) is 1. The summed E-state index contributed by atoms with van der Waals surface area (Å²) in [4.78, 5) is 41.7. The molecule has 9 nitrogen and oxygen atoms in total. The number of aromatic nitrogens is 1. The number of imide groups is 1. The highest BCUT2D eigenvalue weighted by atomic mass is 16.6. The topological polar surface area (TPSA) is 113 Å². The number of hydrogen-bond donors (Lipinski definition) is 3. The van der Waals surface area contributed by atoms with Gasteiger partial charge in [-0.15, -0.1) is 0 Å². The molecule has 0 bridgehead atoms. The van der Waals surface area contributed by atoms with E-state index >= 15 is 0 Å². The molecule has 0 aliphatic carbocycles. The van der Waals surface area contributed by atoms with E-state index in [0.717, 1.165) is 21.4 Å². The minimum Gasteiger partial charge on any atom is -0.486 e. The summed E-state index contributed by atoms with van der Waals surface area (Å²) in [7, 11) is 0. The van der Waals surface area contributed by atoms with Crippen molar-refractivity contribution in [3.05, 3.63) is 54.2 Å². The second kappa shape index (κ2) is 7.67. The van der Waals surface area contributed by atoms with Gasteiger partial charge in [0.15, 0.2) is 11.5 Å². The van der Waals surface area contributed by atoms with E-state index in [1.165, 1.54) is 0 Å². The molecule has 5 rings (SSSR count). The molecule has 3 heterocycles. The fraction of sp³-hybridized carbons (Fsp3) is 0.227. The first-order valence-corrected chi connectivity index (χ1v) is 9.95. The SMILES string of the molecule is O=C(CN1C(=O)N[C@@H](Cc2c[nH]c3ccccc23)C1=O)Nc1ccc2c(c1)OCCO2. The molecule has 0 unspecified atom stereocenters. The van der Waals surface area contributed by atoms with Gasteiger partial charge in [0, 0.05) is 35.3 Å². The van der Waals surface area contributed by atoms with Crippen LogP contribution in [0.1, 0.15) is 5.56 Å². The van der Waals surface area contributed by atoms with Crippen LogP contribution in [0.5, 0.6) is 11.5 Å². The van der Waals surface area contributed by atoms with Crippen molar-refractivity contribution in [2.45, 2.75) is 12.5 Å². The third kappa shape index (κ3) is 3.65. The quantitative estimate of drug-likeness (QED) is 0.547. The van der Waals surface area contributed by atoms with Crippen LogP contribution >= 0.6 is 0 Å². The molecule has 2 aliphatic rings. The number of amides is 4. The van der Waals surface area contributed by atoms with E-state index in [1.807, 2.05) is 30.5 Å². The second-order valence-electron chi connectivity index (χ2n) is 7.40. The Kier molecular flexibility index (Phi) is 4.70. The Bertz CT molecular complexity index is 1190. The summed E-state index contributed by atoms with van der Waals surface area (Å²) in [5, 5.41) is 6.36. The summed E-state index contributed by atoms with van der Waals surface area (Å²) in [6.45, 7) is 0.540. The lowest BCUT2D eigenvalue weighted by Gasteiger charge is -2.19. The van der Waals surface area contributed by atoms with Crippen LogP contribution < -0.4 is 20.1 Å². The number of rotatable bonds is 5. The van der Waals surface area contributed by atoms with Crippen LogP contribution in [0, 0.1) is 0 Å². The van der Waals surface area contributed by atoms with Crippen LogP contribution in [0.15, 0.2) is 48.7 Å². The zero-order chi connectivity index (χ0) is 21.4. The minimum atomic E-state index is -0.714. The van der Waals surface area contributed by atoms with Crippen molar-refractivity contribution in [1.82, 2.24) is 15.2 Å². The zero-order valence-electron chi connectivity index (χ0n) is 16.5. The molecule has 4 amide bonds. The molecule has 1 saturated heterocycles. The first-order chi connectivity index (χ1) is 15.1. The van der Waals surface area contributed by atoms with Crippen LogP contribution in [0.4, 0.5) is 10.5 Å². The highest BCUT2D eigenvalue weighted by molar-refractivity contribution is 6.08. The van der Waals surface area contributed by atoms with Crippen LogP contribution in [-0.4, -0.2) is 53.5 Å². The molecule has 2 aliphatic heterocycles. The van der Waals surface area contributed by atoms with Gasteiger partial charge in [0.1, 0.15) is 25.8 Å². The van der Waals surface area contributed by atoms with E-state index in [-0.39, 0.29) is 6.54 Å². The molecular formula is C22H20N4O5. The Morgan fingerprint density at radius 3 is 2.77 bits per heavy atom. The van der Waals surface area contributed by atoms with E-state index < -0.39 is 23.9 Å². The first-order valence-electron chi connectivity index (χ1n) is 9.95. The molecule has 3 N–H and O–H groups in total. The standard InChI is InChI=1S/C22H20N4O5/c27-20(24-14-5-6-18-19(10-14)31-8-7-30-18)12-26-21(28)17(25-22(26)29)9-13-11-23-16-4-2-1-3-15(13)16/h1-6,10-11,17,23H,7-9,12H2,(H,24,27)(H,25,29)/t17-/m0/s1. The molecule has 0 spiro atoms. The van der Waals surface area contributed by atoms with Crippen LogP contribution in [0.2, 0.25) is 0 Å². The summed E-state index contributed by atoms with van der Waals surface area (Å²) >= 11 is 0. The average molecular weight is 420 g/mol. The van der Waals surface area contributed by atoms with Crippen LogP contribution in [-0.2, 0) is 16.0 Å². The molecule has 3 aromatic rings. The maximum Gasteiger partial charge on any atom is 0.325 e. The van der Waals surface area contributed by atoms with Crippen molar-refractivity contribution in [2.75, 3.05) is 25.1 Å². The van der Waals surface area contributed by atoms with Gasteiger partial charge in [-0.1, -0.05) is 18.2 Å². The maximum atomic E-state index is 12.8. The van der Waals surface area contributed by atoms with Gasteiger partial charge in [-0.3, -0.25) is 14.5 Å². The molecule has 1 fully saturated rings. The third-order valence-electron chi connectivity index (χ3n) is 5.33. The molecule has 158 valence electrons. The number of anilines is 1. The van der Waals surface area contributed by atoms with Gasteiger partial charge in [-0.05, 0) is 23.8 Å². The number of benzene rings is 2. The Morgan fingerprint density at radius 2 is 1.90 bits per heavy atom. The zero-order valence-corrected chi connectivity index (χ0v) is 16.5. The lowest BCUT2D eigenvalue weighted by atomic mass is 10.1. The molecule has 1 aromatic heterocycles. The summed E-state index contributed by atoms with van der Waals surface area (Å²) < 4.78 is 11.0. The summed E-state index contributed by atoms with van der Waals surface area (Å²) in [6.07, 6.45) is 2.18. The predicted octanol–water partition coefficient (Wildman–Crippen LogP) is 2.04. The minimum absolute atomic E-state index is 0.342. The van der Waals surface area contributed by atoms with E-state index in [9.17, 15) is 14.4 Å². The number of nitrogens with one attached hydrogen (secondary N) is 3. The van der Waals surface area contributed by atoms with Gasteiger partial charge in [0.2, 0.25) is 5.91 Å². The Morgan fingerprint density at radius 1 is 1.10 bits per heavy atom. The molecular weight excluding hydrogens is 400 g/mol. The third-order valence-corrected chi connectivity index (χ3v) is 5.33. The number of carbonyl (C=O) groups is 3. The number of fused-ring (bicyclic) bond motifs is 2. The number of aromatic amines is 1. The Labute approximate surface area is 177 Å². The van der Waals surface area contributed by atoms with E-state index in [0.29, 0.717) is 36.8 Å². The summed E-state index contributed by atoms with van der Waals surface area (Å²) in [5.41, 5.74) is 2.39. The lowest BCUT2D eigenvalue weighted by molar-refractivity contribution is -0.130. The van der Waals surface area contributed by atoms with Gasteiger partial charge in [0.25, 0.3) is 5.91 Å². The fourth-order valence-electron chi connectivity index (χ4n) is 3.85. The van der Waals surface area contributed by atoms with Crippen molar-refractivity contribution in [3.63, 3.8) is 0 Å². The van der Waals surface area contributed by atoms with Crippen LogP contribution in [0.3, 0.4) is 0 Å². The number of carbonyl (C=O) groups excluding carboxylic acids is 3. The number of para-hydroxylation sites is 1. The number of H-pyrrole nitrogens is 1. The second-order valence-corrected chi connectivity index (χ2v) is 7.40. The van der Waals surface area contributed by atoms with Crippen molar-refractivity contribution in [1.29, 1.82) is 0 Å². The number of urea groups is 1. The molecule has 0 radical (unpaired) electrons. The highest BCUT2D eigenvalue weighted by Gasteiger charge is 2.39. The van der Waals surface area contributed by atoms with Crippen molar-refractivity contribution >= 4 is 34.4 Å². The smallest absolute Gasteiger partial charge is 0.325 e. The first kappa shape index (κ1) is 19.0. The molecule has 9 heteroatoms. The molecule has 0 saturated carbocycles. The van der Waals surface area contributed by atoms with Gasteiger partial charge >= 0.3 is 6.03 Å². The fourth-order valence-corrected chi connectivity index (χ4v) is 3.85. The molecule has 31 heavy (non-hydrogen) atoms. The Hall–Kier alpha value is -4.01. The van der Waals surface area contributed by atoms with E-state index in [2.05, 4.69) is 15.6 Å². The number of ether oxygens (including phenoxy) is 2. The normalized spacial score (nSPS) is 17.7. The van der Waals surface area contributed by atoms with Crippen molar-refractivity contribution < 1.29 is 23.9 Å². The Balaban J connectivity index is 1.24. The summed E-state index contributed by atoms with van der Waals surface area (Å²) in [6, 6.07) is 11.5. The largest absolute Gasteiger partial charge is 0.486 e. The average Bonchev–Trinajstić information content (AvgIpc) is 3.30. The van der Waals surface area contributed by atoms with Gasteiger partial charge in [-0.25, -0.2) is 4.79 Å². The molecule has 1 atom stereocenters. The van der Waals surface area contributed by atoms with Crippen LogP contribution in [0.25, 0.3) is 10.9 Å². The lowest BCUT2D eigenvalue weighted by Crippen LogP contribution is -2.38.